The first-order valence-corrected chi connectivity index (χ1v) is 11.8. The molecule has 8 heteroatoms. The van der Waals surface area contributed by atoms with E-state index in [0.29, 0.717) is 25.7 Å². The topological polar surface area (TPSA) is 86.5 Å². The summed E-state index contributed by atoms with van der Waals surface area (Å²) in [7, 11) is 1.85. The number of carbonyl (C=O) groups is 1. The van der Waals surface area contributed by atoms with Crippen LogP contribution in [0.25, 0.3) is 5.57 Å². The molecule has 1 amide bonds. The molecular weight excluding hydrogens is 416 g/mol. The fourth-order valence-electron chi connectivity index (χ4n) is 5.22. The predicted octanol–water partition coefficient (Wildman–Crippen LogP) is 3.21. The molecule has 2 aromatic rings. The molecule has 174 valence electrons. The second-order valence-electron chi connectivity index (χ2n) is 9.10. The van der Waals surface area contributed by atoms with Crippen LogP contribution in [0, 0.1) is 5.41 Å². The van der Waals surface area contributed by atoms with Gasteiger partial charge in [0.1, 0.15) is 0 Å². The number of carbonyl (C=O) groups excluding carboxylic acids is 1. The summed E-state index contributed by atoms with van der Waals surface area (Å²) in [5, 5.41) is 16.0. The van der Waals surface area contributed by atoms with E-state index in [-0.39, 0.29) is 11.9 Å². The lowest BCUT2D eigenvalue weighted by Gasteiger charge is -2.31. The SMILES string of the molecule is CC[C@H]1CN(c2nn(C3COC3)c3c2CN(C(C)=O)CC3)c2ccc(/C(C=N)=C/NC)cc21. The average molecular weight is 449 g/mol. The molecule has 0 bridgehead atoms. The summed E-state index contributed by atoms with van der Waals surface area (Å²) in [5.41, 5.74) is 6.80. The molecule has 3 aliphatic heterocycles. The summed E-state index contributed by atoms with van der Waals surface area (Å²) in [5.74, 6) is 1.48. The number of nitrogens with zero attached hydrogens (tertiary/aromatic N) is 4. The van der Waals surface area contributed by atoms with Gasteiger partial charge in [0.2, 0.25) is 5.91 Å². The number of benzene rings is 1. The molecule has 0 radical (unpaired) electrons. The van der Waals surface area contributed by atoms with Gasteiger partial charge in [-0.1, -0.05) is 13.0 Å². The summed E-state index contributed by atoms with van der Waals surface area (Å²) in [4.78, 5) is 16.4. The fraction of sp³-hybridized carbons (Fsp3) is 0.480. The van der Waals surface area contributed by atoms with Crippen LogP contribution in [0.15, 0.2) is 24.4 Å². The van der Waals surface area contributed by atoms with Gasteiger partial charge >= 0.3 is 0 Å². The zero-order valence-corrected chi connectivity index (χ0v) is 19.6. The minimum absolute atomic E-state index is 0.111. The van der Waals surface area contributed by atoms with E-state index < -0.39 is 0 Å². The third kappa shape index (κ3) is 3.62. The Bertz CT molecular complexity index is 1120. The Morgan fingerprint density at radius 1 is 1.36 bits per heavy atom. The van der Waals surface area contributed by atoms with E-state index >= 15 is 0 Å². The van der Waals surface area contributed by atoms with E-state index in [1.54, 1.807) is 6.92 Å². The number of fused-ring (bicyclic) bond motifs is 2. The lowest BCUT2D eigenvalue weighted by Crippen LogP contribution is -2.37. The van der Waals surface area contributed by atoms with Crippen molar-refractivity contribution in [1.82, 2.24) is 20.0 Å². The van der Waals surface area contributed by atoms with E-state index in [1.165, 1.54) is 28.7 Å². The lowest BCUT2D eigenvalue weighted by molar-refractivity contribution is -0.129. The zero-order chi connectivity index (χ0) is 23.1. The fourth-order valence-corrected chi connectivity index (χ4v) is 5.22. The van der Waals surface area contributed by atoms with Crippen LogP contribution < -0.4 is 10.2 Å². The summed E-state index contributed by atoms with van der Waals surface area (Å²) < 4.78 is 7.63. The Labute approximate surface area is 194 Å². The first-order chi connectivity index (χ1) is 16.0. The second-order valence-corrected chi connectivity index (χ2v) is 9.10. The van der Waals surface area contributed by atoms with Crippen LogP contribution >= 0.6 is 0 Å². The van der Waals surface area contributed by atoms with Crippen LogP contribution in [0.2, 0.25) is 0 Å². The highest BCUT2D eigenvalue weighted by Gasteiger charge is 2.37. The number of allylic oxidation sites excluding steroid dienone is 1. The average Bonchev–Trinajstić information content (AvgIpc) is 3.33. The second kappa shape index (κ2) is 8.67. The highest BCUT2D eigenvalue weighted by Crippen LogP contribution is 2.45. The van der Waals surface area contributed by atoms with Crippen molar-refractivity contribution in [2.45, 2.75) is 45.2 Å². The van der Waals surface area contributed by atoms with E-state index in [0.717, 1.165) is 42.9 Å². The third-order valence-corrected chi connectivity index (χ3v) is 7.17. The van der Waals surface area contributed by atoms with Crippen LogP contribution in [0.4, 0.5) is 11.5 Å². The predicted molar refractivity (Wildman–Crippen MR) is 129 cm³/mol. The summed E-state index contributed by atoms with van der Waals surface area (Å²) in [6.45, 7) is 7.49. The highest BCUT2D eigenvalue weighted by atomic mass is 16.5. The van der Waals surface area contributed by atoms with Crippen molar-refractivity contribution in [3.05, 3.63) is 46.8 Å². The van der Waals surface area contributed by atoms with Crippen molar-refractivity contribution >= 4 is 29.2 Å². The van der Waals surface area contributed by atoms with Crippen LogP contribution in [-0.2, 0) is 22.5 Å². The molecule has 1 saturated heterocycles. The number of amides is 1. The molecule has 1 aromatic carbocycles. The van der Waals surface area contributed by atoms with Gasteiger partial charge in [0, 0.05) is 74.3 Å². The number of ether oxygens (including phenoxy) is 1. The normalized spacial score (nSPS) is 20.3. The molecule has 0 aliphatic carbocycles. The molecule has 1 aromatic heterocycles. The Morgan fingerprint density at radius 2 is 2.18 bits per heavy atom. The number of rotatable bonds is 6. The Balaban J connectivity index is 1.58. The van der Waals surface area contributed by atoms with Gasteiger partial charge in [0.15, 0.2) is 5.82 Å². The minimum atomic E-state index is 0.111. The Morgan fingerprint density at radius 3 is 2.82 bits per heavy atom. The van der Waals surface area contributed by atoms with Crippen molar-refractivity contribution in [2.75, 3.05) is 38.3 Å². The minimum Gasteiger partial charge on any atom is -0.393 e. The van der Waals surface area contributed by atoms with Crippen LogP contribution in [0.5, 0.6) is 0 Å². The van der Waals surface area contributed by atoms with Gasteiger partial charge in [-0.25, -0.2) is 0 Å². The van der Waals surface area contributed by atoms with E-state index in [9.17, 15) is 4.79 Å². The Hall–Kier alpha value is -3.13. The molecule has 8 nitrogen and oxygen atoms in total. The van der Waals surface area contributed by atoms with Gasteiger partial charge in [-0.3, -0.25) is 9.48 Å². The number of nitrogens with one attached hydrogen (secondary N) is 2. The monoisotopic (exact) mass is 448 g/mol. The molecule has 0 spiro atoms. The molecule has 0 saturated carbocycles. The van der Waals surface area contributed by atoms with Crippen molar-refractivity contribution in [3.8, 4) is 0 Å². The third-order valence-electron chi connectivity index (χ3n) is 7.17. The van der Waals surface area contributed by atoms with Crippen molar-refractivity contribution in [2.24, 2.45) is 0 Å². The smallest absolute Gasteiger partial charge is 0.219 e. The summed E-state index contributed by atoms with van der Waals surface area (Å²) >= 11 is 0. The molecule has 0 unspecified atom stereocenters. The molecule has 4 heterocycles. The van der Waals surface area contributed by atoms with Gasteiger partial charge < -0.3 is 25.3 Å². The van der Waals surface area contributed by atoms with Gasteiger partial charge in [0.05, 0.1) is 25.8 Å². The first kappa shape index (κ1) is 21.7. The quantitative estimate of drug-likeness (QED) is 0.663. The molecule has 2 N–H and O–H groups in total. The van der Waals surface area contributed by atoms with Crippen LogP contribution in [0.3, 0.4) is 0 Å². The molecular formula is C25H32N6O2. The number of hydrogen-bond donors (Lipinski definition) is 2. The van der Waals surface area contributed by atoms with Gasteiger partial charge in [-0.05, 0) is 29.7 Å². The Kier molecular flexibility index (Phi) is 5.70. The van der Waals surface area contributed by atoms with Crippen LogP contribution in [-0.4, -0.2) is 60.2 Å². The summed E-state index contributed by atoms with van der Waals surface area (Å²) in [6.07, 6.45) is 5.10. The van der Waals surface area contributed by atoms with Crippen molar-refractivity contribution in [3.63, 3.8) is 0 Å². The number of hydrogen-bond acceptors (Lipinski definition) is 6. The highest BCUT2D eigenvalue weighted by molar-refractivity contribution is 6.08. The van der Waals surface area contributed by atoms with Gasteiger partial charge in [0.25, 0.3) is 0 Å². The lowest BCUT2D eigenvalue weighted by atomic mass is 9.95. The molecule has 5 rings (SSSR count). The maximum Gasteiger partial charge on any atom is 0.219 e. The summed E-state index contributed by atoms with van der Waals surface area (Å²) in [6, 6.07) is 6.76. The van der Waals surface area contributed by atoms with Crippen LogP contribution in [0.1, 0.15) is 54.6 Å². The van der Waals surface area contributed by atoms with E-state index in [4.69, 9.17) is 15.2 Å². The molecule has 1 fully saturated rings. The number of anilines is 2. The number of aromatic nitrogens is 2. The largest absolute Gasteiger partial charge is 0.393 e. The molecule has 33 heavy (non-hydrogen) atoms. The molecule has 1 atom stereocenters. The molecule has 3 aliphatic rings. The van der Waals surface area contributed by atoms with Gasteiger partial charge in [-0.2, -0.15) is 5.10 Å². The van der Waals surface area contributed by atoms with Gasteiger partial charge in [-0.15, -0.1) is 0 Å². The zero-order valence-electron chi connectivity index (χ0n) is 19.6. The first-order valence-electron chi connectivity index (χ1n) is 11.8. The van der Waals surface area contributed by atoms with E-state index in [2.05, 4.69) is 40.0 Å². The maximum absolute atomic E-state index is 12.2. The van der Waals surface area contributed by atoms with E-state index in [1.807, 2.05) is 18.1 Å². The maximum atomic E-state index is 12.2. The van der Waals surface area contributed by atoms with Crippen molar-refractivity contribution in [1.29, 1.82) is 5.41 Å². The van der Waals surface area contributed by atoms with Crippen molar-refractivity contribution < 1.29 is 9.53 Å². The standard InChI is InChI=1S/C25H32N6O2/c1-4-17-12-30(23-6-5-18(9-21(17)23)19(10-26)11-27-3)25-22-13-29(16(2)32)8-7-24(22)31(28-25)20-14-33-15-20/h5-6,9-11,17,20,26-27H,4,7-8,12-15H2,1-3H3/b19-11+,26-10?/t17-/m0/s1.